The van der Waals surface area contributed by atoms with Crippen molar-refractivity contribution < 1.29 is 23.3 Å². The van der Waals surface area contributed by atoms with Gasteiger partial charge < -0.3 is 9.33 Å². The molecule has 0 N–H and O–H groups in total. The minimum Gasteiger partial charge on any atom is -0.543 e. The van der Waals surface area contributed by atoms with Gasteiger partial charge in [-0.2, -0.15) is 0 Å². The predicted octanol–water partition coefficient (Wildman–Crippen LogP) is 3.61. The zero-order valence-corrected chi connectivity index (χ0v) is 23.1. The molecule has 3 atom stereocenters. The molecule has 2 aromatic rings. The number of hydrogen-bond acceptors (Lipinski definition) is 4. The van der Waals surface area contributed by atoms with Crippen molar-refractivity contribution in [2.24, 2.45) is 0 Å². The fraction of sp³-hybridized carbons (Fsp3) is 0.538. The Morgan fingerprint density at radius 3 is 2.56 bits per heavy atom. The molecule has 0 bridgehead atoms. The first-order valence-corrected chi connectivity index (χ1v) is 15.2. The molecule has 32 heavy (non-hydrogen) atoms. The van der Waals surface area contributed by atoms with Gasteiger partial charge in [0, 0.05) is 37.8 Å². The van der Waals surface area contributed by atoms with Crippen molar-refractivity contribution in [1.29, 1.82) is 0 Å². The normalized spacial score (nSPS) is 21.6. The molecular formula is C26H39LiN2OSSi. The van der Waals surface area contributed by atoms with Crippen LogP contribution >= 0.6 is 11.3 Å². The van der Waals surface area contributed by atoms with Crippen LogP contribution in [0.25, 0.3) is 0 Å². The molecule has 1 aromatic heterocycles. The topological polar surface area (TPSA) is 15.7 Å². The van der Waals surface area contributed by atoms with Crippen LogP contribution in [0.2, 0.25) is 18.1 Å². The van der Waals surface area contributed by atoms with Crippen molar-refractivity contribution in [1.82, 2.24) is 9.80 Å². The molecule has 6 heteroatoms. The van der Waals surface area contributed by atoms with Gasteiger partial charge >= 0.3 is 18.9 Å². The molecule has 0 radical (unpaired) electrons. The van der Waals surface area contributed by atoms with E-state index in [4.69, 9.17) is 4.43 Å². The van der Waals surface area contributed by atoms with Gasteiger partial charge in [-0.1, -0.05) is 39.0 Å². The van der Waals surface area contributed by atoms with Crippen molar-refractivity contribution in [2.45, 2.75) is 70.9 Å². The molecule has 0 amide bonds. The first-order valence-electron chi connectivity index (χ1n) is 11.4. The summed E-state index contributed by atoms with van der Waals surface area (Å²) < 4.78 is 6.66. The predicted molar refractivity (Wildman–Crippen MR) is 137 cm³/mol. The van der Waals surface area contributed by atoms with E-state index in [9.17, 15) is 0 Å². The van der Waals surface area contributed by atoms with E-state index < -0.39 is 8.32 Å². The Hall–Kier alpha value is -0.806. The van der Waals surface area contributed by atoms with Gasteiger partial charge in [-0.3, -0.25) is 16.2 Å². The maximum atomic E-state index is 6.66. The van der Waals surface area contributed by atoms with Crippen LogP contribution in [0, 0.1) is 6.07 Å². The summed E-state index contributed by atoms with van der Waals surface area (Å²) in [6, 6.07) is 15.4. The molecule has 3 rings (SSSR count). The summed E-state index contributed by atoms with van der Waals surface area (Å²) in [6.07, 6.45) is 2.02. The quantitative estimate of drug-likeness (QED) is 0.355. The number of rotatable bonds is 7. The van der Waals surface area contributed by atoms with E-state index in [1.54, 1.807) is 11.3 Å². The van der Waals surface area contributed by atoms with Crippen molar-refractivity contribution in [3.8, 4) is 5.75 Å². The second-order valence-electron chi connectivity index (χ2n) is 10.4. The van der Waals surface area contributed by atoms with Gasteiger partial charge in [-0.25, -0.2) is 12.1 Å². The molecule has 0 saturated carbocycles. The zero-order chi connectivity index (χ0) is 22.8. The zero-order valence-electron chi connectivity index (χ0n) is 21.3. The maximum Gasteiger partial charge on any atom is 1.00 e. The summed E-state index contributed by atoms with van der Waals surface area (Å²) >= 11 is 1.80. The Labute approximate surface area is 213 Å². The minimum atomic E-state index is -1.89. The third-order valence-electron chi connectivity index (χ3n) is 6.97. The molecule has 3 nitrogen and oxygen atoms in total. The first kappa shape index (κ1) is 27.4. The third kappa shape index (κ3) is 6.20. The van der Waals surface area contributed by atoms with E-state index in [1.807, 2.05) is 6.08 Å². The molecule has 1 aliphatic rings. The smallest absolute Gasteiger partial charge is 0.543 e. The van der Waals surface area contributed by atoms with Crippen LogP contribution < -0.4 is 23.3 Å². The molecule has 1 saturated heterocycles. The summed E-state index contributed by atoms with van der Waals surface area (Å²) in [6.45, 7) is 23.2. The first-order chi connectivity index (χ1) is 14.5. The summed E-state index contributed by atoms with van der Waals surface area (Å²) in [5.41, 5.74) is 1.31. The van der Waals surface area contributed by atoms with E-state index >= 15 is 0 Å². The Morgan fingerprint density at radius 1 is 1.25 bits per heavy atom. The molecule has 0 aliphatic carbocycles. The average molecular weight is 463 g/mol. The molecule has 0 spiro atoms. The monoisotopic (exact) mass is 462 g/mol. The summed E-state index contributed by atoms with van der Waals surface area (Å²) in [5.74, 6) is 1.00. The van der Waals surface area contributed by atoms with Crippen molar-refractivity contribution in [3.63, 3.8) is 0 Å². The number of piperazine rings is 1. The Morgan fingerprint density at radius 2 is 1.97 bits per heavy atom. The van der Waals surface area contributed by atoms with Crippen LogP contribution in [0.4, 0.5) is 0 Å². The van der Waals surface area contributed by atoms with Gasteiger partial charge in [-0.05, 0) is 49.7 Å². The minimum absolute atomic E-state index is 0. The molecule has 2 heterocycles. The van der Waals surface area contributed by atoms with E-state index in [1.165, 1.54) is 10.4 Å². The molecule has 1 fully saturated rings. The molecule has 0 unspecified atom stereocenters. The number of thiophene rings is 1. The van der Waals surface area contributed by atoms with E-state index in [2.05, 4.69) is 106 Å². The summed E-state index contributed by atoms with van der Waals surface area (Å²) in [5, 5.41) is 2.25. The van der Waals surface area contributed by atoms with Crippen molar-refractivity contribution >= 4 is 19.7 Å². The second-order valence-corrected chi connectivity index (χ2v) is 16.1. The Kier molecular flexibility index (Phi) is 9.50. The molecule has 1 aromatic carbocycles. The molecule has 170 valence electrons. The average Bonchev–Trinajstić information content (AvgIpc) is 3.19. The standard InChI is InChI=1S/C26H39N2OSSi.Li/c1-9-15-27-18-21(3)28(19-20(27)2)25(24-14-11-16-30-24)22-12-10-13-23(17-22)29-31(7,8)26(4,5)6;/h9-10,12-14,16-17,20-21,25H,1,15,18-19H2,2-8H3;/q-1;+1/t20-,21+,25-;/m1./s1. The summed E-state index contributed by atoms with van der Waals surface area (Å²) in [7, 11) is -1.89. The summed E-state index contributed by atoms with van der Waals surface area (Å²) in [4.78, 5) is 6.54. The fourth-order valence-corrected chi connectivity index (χ4v) is 5.95. The Balaban J connectivity index is 0.00000363. The number of nitrogens with zero attached hydrogens (tertiary/aromatic N) is 2. The van der Waals surface area contributed by atoms with Crippen LogP contribution in [0.15, 0.2) is 48.4 Å². The number of hydrogen-bond donors (Lipinski definition) is 0. The third-order valence-corrected chi connectivity index (χ3v) is 12.2. The van der Waals surface area contributed by atoms with Gasteiger partial charge in [-0.15, -0.1) is 16.8 Å². The Bertz CT molecular complexity index is 865. The van der Waals surface area contributed by atoms with Gasteiger partial charge in [0.2, 0.25) is 8.32 Å². The fourth-order valence-electron chi connectivity index (χ4n) is 4.12. The van der Waals surface area contributed by atoms with Gasteiger partial charge in [0.15, 0.2) is 0 Å². The van der Waals surface area contributed by atoms with Gasteiger partial charge in [0.05, 0.1) is 0 Å². The van der Waals surface area contributed by atoms with Crippen LogP contribution in [-0.4, -0.2) is 49.8 Å². The van der Waals surface area contributed by atoms with Crippen LogP contribution in [0.5, 0.6) is 5.75 Å². The van der Waals surface area contributed by atoms with E-state index in [0.29, 0.717) is 12.1 Å². The molecule has 1 aliphatic heterocycles. The van der Waals surface area contributed by atoms with Crippen molar-refractivity contribution in [2.75, 3.05) is 19.6 Å². The maximum absolute atomic E-state index is 6.66. The van der Waals surface area contributed by atoms with E-state index in [-0.39, 0.29) is 29.9 Å². The van der Waals surface area contributed by atoms with Gasteiger partial charge in [0.1, 0.15) is 5.75 Å². The van der Waals surface area contributed by atoms with Crippen LogP contribution in [-0.2, 0) is 0 Å². The van der Waals surface area contributed by atoms with Crippen LogP contribution in [0.3, 0.4) is 0 Å². The largest absolute Gasteiger partial charge is 1.00 e. The SMILES string of the molecule is C=CCN1C[C@H](C)N([C@H](c2cccc(O[Si](C)(C)C(C)(C)C)c2)c2c[c-]cs2)C[C@H]1C.[Li+]. The molecular weight excluding hydrogens is 423 g/mol. The van der Waals surface area contributed by atoms with Gasteiger partial charge in [0.25, 0.3) is 0 Å². The van der Waals surface area contributed by atoms with Crippen LogP contribution in [0.1, 0.15) is 51.1 Å². The van der Waals surface area contributed by atoms with E-state index in [0.717, 1.165) is 25.4 Å². The number of benzene rings is 1. The van der Waals surface area contributed by atoms with Crippen molar-refractivity contribution in [3.05, 3.63) is 64.9 Å². The second kappa shape index (κ2) is 11.1.